The average molecular weight is 1600 g/mol. The summed E-state index contributed by atoms with van der Waals surface area (Å²) in [6.45, 7) is 10.2. The number of fused-ring (bicyclic) bond motifs is 2. The van der Waals surface area contributed by atoms with E-state index in [-0.39, 0.29) is 11.6 Å². The fourth-order valence-electron chi connectivity index (χ4n) is 11.8. The van der Waals surface area contributed by atoms with E-state index in [4.69, 9.17) is 149 Å². The van der Waals surface area contributed by atoms with Crippen molar-refractivity contribution in [2.24, 2.45) is 11.8 Å². The number of halogens is 2. The number of hydrogen-bond acceptors (Lipinski definition) is 24. The van der Waals surface area contributed by atoms with Crippen LogP contribution in [0.25, 0.3) is 22.1 Å². The molecule has 114 heavy (non-hydrogen) atoms. The Morgan fingerprint density at radius 2 is 0.544 bits per heavy atom. The molecule has 4 saturated heterocycles. The first-order valence-corrected chi connectivity index (χ1v) is 34.1. The van der Waals surface area contributed by atoms with E-state index in [9.17, 15) is 8.78 Å². The molecule has 8 heterocycles. The molecule has 610 valence electrons. The molecule has 4 aliphatic heterocycles. The average Bonchev–Trinajstić information content (AvgIpc) is 1.65. The van der Waals surface area contributed by atoms with Crippen LogP contribution in [0.3, 0.4) is 0 Å². The lowest BCUT2D eigenvalue weighted by Gasteiger charge is -2.41. The van der Waals surface area contributed by atoms with E-state index in [1.54, 1.807) is 24.3 Å². The van der Waals surface area contributed by atoms with E-state index in [0.717, 1.165) is 135 Å². The number of hydrogen-bond donors (Lipinski definition) is 14. The number of anilines is 2. The molecule has 0 radical (unpaired) electrons. The van der Waals surface area contributed by atoms with Gasteiger partial charge in [0.15, 0.2) is 0 Å². The number of carboxylic acids is 14. The number of benzene rings is 4. The first-order valence-electron chi connectivity index (χ1n) is 34.1. The molecule has 4 aromatic carbocycles. The predicted molar refractivity (Wildman–Crippen MR) is 388 cm³/mol. The zero-order valence-electron chi connectivity index (χ0n) is 60.3. The quantitative estimate of drug-likeness (QED) is 0.0770. The molecule has 40 nitrogen and oxygen atoms in total. The molecule has 8 aromatic rings. The Labute approximate surface area is 643 Å². The van der Waals surface area contributed by atoms with Crippen molar-refractivity contribution >= 4 is 118 Å². The van der Waals surface area contributed by atoms with Crippen molar-refractivity contribution in [2.45, 2.75) is 89.4 Å². The Morgan fingerprint density at radius 3 is 0.781 bits per heavy atom. The predicted octanol–water partition coefficient (Wildman–Crippen LogP) is 3.96. The van der Waals surface area contributed by atoms with Crippen LogP contribution >= 0.6 is 0 Å². The van der Waals surface area contributed by atoms with Gasteiger partial charge in [0.25, 0.3) is 0 Å². The van der Waals surface area contributed by atoms with Crippen molar-refractivity contribution in [1.82, 2.24) is 48.8 Å². The number of nitrogens with zero attached hydrogens (tertiary/aromatic N) is 12. The topological polar surface area (TPSA) is 622 Å². The third-order valence-corrected chi connectivity index (χ3v) is 17.1. The Morgan fingerprint density at radius 1 is 0.307 bits per heavy atom. The Bertz CT molecular complexity index is 4040. The molecule has 4 aromatic heterocycles. The van der Waals surface area contributed by atoms with Gasteiger partial charge in [-0.25, -0.2) is 106 Å². The molecular weight excluding hydrogens is 1520 g/mol. The summed E-state index contributed by atoms with van der Waals surface area (Å²) >= 11 is 0. The zero-order valence-corrected chi connectivity index (χ0v) is 60.3. The van der Waals surface area contributed by atoms with Gasteiger partial charge in [0, 0.05) is 89.0 Å². The lowest BCUT2D eigenvalue weighted by molar-refractivity contribution is -0.159. The standard InChI is InChI=1S/2C29H33FN6.7C2H2O4/c2*30-24-8-6-23(7-9-24)21-36-27-5-2-1-4-26(27)33-28(36)20-22-10-16-34(17-11-22)25-12-18-35(19-13-25)29-31-14-3-15-32-29;7*3-1(4)2(5)6/h2*1-9,14-15,22,25H,10-13,16-21H2;7*(H,3,4)(H,5,6). The van der Waals surface area contributed by atoms with Gasteiger partial charge in [-0.3, -0.25) is 0 Å². The maximum Gasteiger partial charge on any atom is 0.414 e. The van der Waals surface area contributed by atoms with E-state index < -0.39 is 83.6 Å². The van der Waals surface area contributed by atoms with Crippen molar-refractivity contribution in [3.8, 4) is 0 Å². The van der Waals surface area contributed by atoms with Crippen LogP contribution in [-0.4, -0.2) is 268 Å². The van der Waals surface area contributed by atoms with Crippen molar-refractivity contribution in [3.05, 3.63) is 168 Å². The molecule has 0 bridgehead atoms. The number of aliphatic carboxylic acids is 14. The molecule has 14 N–H and O–H groups in total. The molecule has 4 aliphatic rings. The minimum absolute atomic E-state index is 0.194. The van der Waals surface area contributed by atoms with Crippen LogP contribution in [0.5, 0.6) is 0 Å². The summed E-state index contributed by atoms with van der Waals surface area (Å²) in [5.74, 6) is -20.6. The van der Waals surface area contributed by atoms with E-state index in [1.807, 2.05) is 61.2 Å². The van der Waals surface area contributed by atoms with Gasteiger partial charge in [-0.1, -0.05) is 48.5 Å². The highest BCUT2D eigenvalue weighted by molar-refractivity contribution is 6.29. The summed E-state index contributed by atoms with van der Waals surface area (Å²) in [5, 5.41) is 103. The summed E-state index contributed by atoms with van der Waals surface area (Å²) < 4.78 is 31.5. The zero-order chi connectivity index (χ0) is 84.7. The Kier molecular flexibility index (Phi) is 38.1. The number of aromatic nitrogens is 8. The fraction of sp³-hybridized carbons (Fsp3) is 0.333. The fourth-order valence-corrected chi connectivity index (χ4v) is 11.8. The van der Waals surface area contributed by atoms with Crippen molar-refractivity contribution in [2.75, 3.05) is 62.2 Å². The number of imidazole rings is 2. The van der Waals surface area contributed by atoms with Gasteiger partial charge < -0.3 is 100 Å². The molecule has 12 rings (SSSR count). The second-order valence-electron chi connectivity index (χ2n) is 24.6. The first kappa shape index (κ1) is 92.3. The largest absolute Gasteiger partial charge is 0.473 e. The maximum atomic E-state index is 13.4. The molecule has 42 heteroatoms. The van der Waals surface area contributed by atoms with E-state index in [0.29, 0.717) is 23.9 Å². The van der Waals surface area contributed by atoms with Gasteiger partial charge in [-0.15, -0.1) is 0 Å². The van der Waals surface area contributed by atoms with E-state index >= 15 is 0 Å². The van der Waals surface area contributed by atoms with Crippen molar-refractivity contribution in [1.29, 1.82) is 0 Å². The van der Waals surface area contributed by atoms with Gasteiger partial charge in [0.1, 0.15) is 23.3 Å². The molecule has 4 fully saturated rings. The molecule has 0 unspecified atom stereocenters. The van der Waals surface area contributed by atoms with Crippen LogP contribution < -0.4 is 9.80 Å². The molecule has 0 atom stereocenters. The van der Waals surface area contributed by atoms with Crippen LogP contribution in [0.15, 0.2) is 134 Å². The number of likely N-dealkylation sites (tertiary alicyclic amines) is 2. The summed E-state index contributed by atoms with van der Waals surface area (Å²) in [5.41, 5.74) is 6.60. The van der Waals surface area contributed by atoms with E-state index in [2.05, 4.69) is 97.2 Å². The Balaban J connectivity index is 0.000000322. The van der Waals surface area contributed by atoms with Crippen LogP contribution in [0.2, 0.25) is 0 Å². The number of piperidine rings is 4. The number of para-hydroxylation sites is 4. The van der Waals surface area contributed by atoms with Crippen LogP contribution in [-0.2, 0) is 93.1 Å². The third-order valence-electron chi connectivity index (χ3n) is 17.1. The van der Waals surface area contributed by atoms with Crippen LogP contribution in [0.1, 0.15) is 74.1 Å². The molecule has 0 spiro atoms. The molecule has 0 aliphatic carbocycles. The highest BCUT2D eigenvalue weighted by atomic mass is 19.1. The minimum Gasteiger partial charge on any atom is -0.473 e. The number of carboxylic acid groups (broad SMARTS) is 14. The van der Waals surface area contributed by atoms with Gasteiger partial charge in [-0.2, -0.15) is 0 Å². The highest BCUT2D eigenvalue weighted by Gasteiger charge is 2.32. The normalized spacial score (nSPS) is 14.2. The summed E-state index contributed by atoms with van der Waals surface area (Å²) in [4.78, 5) is 165. The smallest absolute Gasteiger partial charge is 0.414 e. The lowest BCUT2D eigenvalue weighted by atomic mass is 9.91. The van der Waals surface area contributed by atoms with Crippen molar-refractivity contribution < 1.29 is 147 Å². The van der Waals surface area contributed by atoms with Gasteiger partial charge in [0.05, 0.1) is 22.1 Å². The van der Waals surface area contributed by atoms with Gasteiger partial charge in [0.2, 0.25) is 11.9 Å². The number of rotatable bonds is 12. The van der Waals surface area contributed by atoms with Gasteiger partial charge in [-0.05, 0) is 161 Å². The van der Waals surface area contributed by atoms with Crippen LogP contribution in [0, 0.1) is 23.5 Å². The second-order valence-corrected chi connectivity index (χ2v) is 24.6. The van der Waals surface area contributed by atoms with Crippen LogP contribution in [0.4, 0.5) is 20.7 Å². The lowest BCUT2D eigenvalue weighted by Crippen LogP contribution is -2.48. The second kappa shape index (κ2) is 47.1. The monoisotopic (exact) mass is 1600 g/mol. The molecule has 0 amide bonds. The minimum atomic E-state index is -1.82. The maximum absolute atomic E-state index is 13.4. The van der Waals surface area contributed by atoms with Crippen molar-refractivity contribution in [3.63, 3.8) is 0 Å². The molecule has 0 saturated carbocycles. The Hall–Kier alpha value is -14.1. The summed E-state index contributed by atoms with van der Waals surface area (Å²) in [6, 6.07) is 35.5. The number of carbonyl (C=O) groups is 14. The SMILES string of the molecule is Fc1ccc(Cn2c(CC3CCN(C4CCN(c5ncccn5)CC4)CC3)nc3ccccc32)cc1.Fc1ccc(Cn2c(CC3CCN(C4CCN(c5ncccn5)CC4)CC3)nc3ccccc32)cc1.O=C(O)C(=O)O.O=C(O)C(=O)O.O=C(O)C(=O)O.O=C(O)C(=O)O.O=C(O)C(=O)O.O=C(O)C(=O)O.O=C(O)C(=O)O. The summed E-state index contributed by atoms with van der Waals surface area (Å²) in [7, 11) is 0. The van der Waals surface area contributed by atoms with Gasteiger partial charge >= 0.3 is 83.6 Å². The third kappa shape index (κ3) is 32.6. The summed E-state index contributed by atoms with van der Waals surface area (Å²) in [6.07, 6.45) is 18.8. The van der Waals surface area contributed by atoms with E-state index in [1.165, 1.54) is 51.4 Å². The molecular formula is C72H80F2N12O28. The highest BCUT2D eigenvalue weighted by Crippen LogP contribution is 2.31. The first-order chi connectivity index (χ1) is 54.0.